The number of likely N-dealkylation sites (N-methyl/N-ethyl adjacent to an activating group) is 1. The largest absolute Gasteiger partial charge is 0.416 e. The molecule has 1 saturated heterocycles. The molecule has 0 unspecified atom stereocenters. The zero-order chi connectivity index (χ0) is 21.3. The van der Waals surface area contributed by atoms with Gasteiger partial charge in [0, 0.05) is 12.6 Å². The van der Waals surface area contributed by atoms with E-state index in [2.05, 4.69) is 5.32 Å². The van der Waals surface area contributed by atoms with E-state index in [4.69, 9.17) is 23.8 Å². The van der Waals surface area contributed by atoms with E-state index in [1.807, 2.05) is 0 Å². The van der Waals surface area contributed by atoms with E-state index < -0.39 is 17.6 Å². The van der Waals surface area contributed by atoms with Gasteiger partial charge in [0.05, 0.1) is 21.2 Å². The fourth-order valence-electron chi connectivity index (χ4n) is 2.42. The summed E-state index contributed by atoms with van der Waals surface area (Å²) in [5.74, 6) is -0.821. The van der Waals surface area contributed by atoms with Crippen molar-refractivity contribution in [2.24, 2.45) is 0 Å². The van der Waals surface area contributed by atoms with Crippen LogP contribution in [0.2, 0.25) is 5.02 Å². The van der Waals surface area contributed by atoms with Crippen LogP contribution in [-0.4, -0.2) is 28.1 Å². The van der Waals surface area contributed by atoms with Crippen LogP contribution in [0.5, 0.6) is 0 Å². The Balaban J connectivity index is 1.77. The average molecular weight is 457 g/mol. The minimum absolute atomic E-state index is 0.00966. The highest BCUT2D eigenvalue weighted by atomic mass is 35.5. The predicted molar refractivity (Wildman–Crippen MR) is 112 cm³/mol. The van der Waals surface area contributed by atoms with Gasteiger partial charge in [0.2, 0.25) is 0 Å². The van der Waals surface area contributed by atoms with Crippen molar-refractivity contribution in [3.8, 4) is 0 Å². The highest BCUT2D eigenvalue weighted by Crippen LogP contribution is 2.34. The molecule has 1 heterocycles. The van der Waals surface area contributed by atoms with Crippen LogP contribution in [0.3, 0.4) is 0 Å². The van der Waals surface area contributed by atoms with Crippen molar-refractivity contribution in [2.75, 3.05) is 12.4 Å². The predicted octanol–water partition coefficient (Wildman–Crippen LogP) is 5.44. The first-order chi connectivity index (χ1) is 13.6. The first-order valence-corrected chi connectivity index (χ1v) is 9.66. The van der Waals surface area contributed by atoms with Gasteiger partial charge in [-0.05, 0) is 42.0 Å². The zero-order valence-corrected chi connectivity index (χ0v) is 17.1. The van der Waals surface area contributed by atoms with E-state index in [0.29, 0.717) is 14.8 Å². The molecular formula is C19H12ClF3N2O2S2. The first-order valence-electron chi connectivity index (χ1n) is 8.06. The molecule has 10 heteroatoms. The monoisotopic (exact) mass is 456 g/mol. The number of benzene rings is 2. The SMILES string of the molecule is CN1C(=O)C(=Cc2ccc(C(=O)Nc3cc(C(F)(F)F)ccc3Cl)cc2)SC1=S. The molecule has 1 fully saturated rings. The number of thioether (sulfide) groups is 1. The summed E-state index contributed by atoms with van der Waals surface area (Å²) >= 11 is 12.1. The molecular weight excluding hydrogens is 445 g/mol. The molecule has 0 radical (unpaired) electrons. The number of thiocarbonyl (C=S) groups is 1. The zero-order valence-electron chi connectivity index (χ0n) is 14.7. The Bertz CT molecular complexity index is 1040. The fourth-order valence-corrected chi connectivity index (χ4v) is 3.76. The van der Waals surface area contributed by atoms with E-state index in [0.717, 1.165) is 18.2 Å². The Morgan fingerprint density at radius 2 is 1.86 bits per heavy atom. The van der Waals surface area contributed by atoms with Gasteiger partial charge in [-0.1, -0.05) is 47.7 Å². The van der Waals surface area contributed by atoms with E-state index in [1.54, 1.807) is 25.3 Å². The maximum Gasteiger partial charge on any atom is 0.416 e. The number of halogens is 4. The highest BCUT2D eigenvalue weighted by molar-refractivity contribution is 8.26. The minimum atomic E-state index is -4.55. The number of carbonyl (C=O) groups is 2. The Morgan fingerprint density at radius 1 is 1.21 bits per heavy atom. The molecule has 2 aromatic carbocycles. The molecule has 0 aromatic heterocycles. The van der Waals surface area contributed by atoms with Crippen molar-refractivity contribution in [2.45, 2.75) is 6.18 Å². The molecule has 2 amide bonds. The van der Waals surface area contributed by atoms with E-state index in [-0.39, 0.29) is 22.2 Å². The van der Waals surface area contributed by atoms with Gasteiger partial charge in [-0.25, -0.2) is 0 Å². The van der Waals surface area contributed by atoms with Crippen molar-refractivity contribution in [1.29, 1.82) is 0 Å². The van der Waals surface area contributed by atoms with Crippen LogP contribution in [-0.2, 0) is 11.0 Å². The average Bonchev–Trinajstić information content (AvgIpc) is 2.90. The lowest BCUT2D eigenvalue weighted by molar-refractivity contribution is -0.137. The Morgan fingerprint density at radius 3 is 2.41 bits per heavy atom. The van der Waals surface area contributed by atoms with Crippen molar-refractivity contribution in [1.82, 2.24) is 4.90 Å². The summed E-state index contributed by atoms with van der Waals surface area (Å²) in [6, 6.07) is 8.92. The minimum Gasteiger partial charge on any atom is -0.321 e. The van der Waals surface area contributed by atoms with Crippen molar-refractivity contribution < 1.29 is 22.8 Å². The number of alkyl halides is 3. The van der Waals surface area contributed by atoms with Gasteiger partial charge in [0.25, 0.3) is 11.8 Å². The number of nitrogens with zero attached hydrogens (tertiary/aromatic N) is 1. The van der Waals surface area contributed by atoms with Gasteiger partial charge in [-0.3, -0.25) is 14.5 Å². The third-order valence-electron chi connectivity index (χ3n) is 4.00. The van der Waals surface area contributed by atoms with Gasteiger partial charge in [-0.2, -0.15) is 13.2 Å². The second kappa shape index (κ2) is 8.17. The smallest absolute Gasteiger partial charge is 0.321 e. The number of nitrogens with one attached hydrogen (secondary N) is 1. The summed E-state index contributed by atoms with van der Waals surface area (Å²) in [5.41, 5.74) is -0.158. The lowest BCUT2D eigenvalue weighted by Gasteiger charge is -2.11. The molecule has 3 rings (SSSR count). The summed E-state index contributed by atoms with van der Waals surface area (Å²) in [4.78, 5) is 26.2. The topological polar surface area (TPSA) is 49.4 Å². The van der Waals surface area contributed by atoms with Crippen LogP contribution in [0.15, 0.2) is 47.4 Å². The van der Waals surface area contributed by atoms with Crippen LogP contribution in [0.1, 0.15) is 21.5 Å². The van der Waals surface area contributed by atoms with Gasteiger partial charge in [0.1, 0.15) is 4.32 Å². The molecule has 0 bridgehead atoms. The maximum atomic E-state index is 12.8. The van der Waals surface area contributed by atoms with Crippen LogP contribution in [0.25, 0.3) is 6.08 Å². The maximum absolute atomic E-state index is 12.8. The normalized spacial score (nSPS) is 15.9. The lowest BCUT2D eigenvalue weighted by Crippen LogP contribution is -2.22. The van der Waals surface area contributed by atoms with Crippen molar-refractivity contribution in [3.63, 3.8) is 0 Å². The molecule has 2 aromatic rings. The molecule has 0 saturated carbocycles. The van der Waals surface area contributed by atoms with E-state index in [1.165, 1.54) is 28.8 Å². The van der Waals surface area contributed by atoms with Crippen molar-refractivity contribution in [3.05, 3.63) is 69.1 Å². The number of anilines is 1. The van der Waals surface area contributed by atoms with Crippen molar-refractivity contribution >= 4 is 63.5 Å². The van der Waals surface area contributed by atoms with Crippen LogP contribution in [0, 0.1) is 0 Å². The number of hydrogen-bond acceptors (Lipinski definition) is 4. The Kier molecular flexibility index (Phi) is 6.02. The summed E-state index contributed by atoms with van der Waals surface area (Å²) in [5, 5.41) is 2.37. The van der Waals surface area contributed by atoms with Crippen LogP contribution < -0.4 is 5.32 Å². The number of carbonyl (C=O) groups excluding carboxylic acids is 2. The van der Waals surface area contributed by atoms with E-state index in [9.17, 15) is 22.8 Å². The second-order valence-electron chi connectivity index (χ2n) is 6.01. The van der Waals surface area contributed by atoms with Crippen LogP contribution >= 0.6 is 35.6 Å². The number of rotatable bonds is 3. The molecule has 0 atom stereocenters. The third-order valence-corrected chi connectivity index (χ3v) is 5.81. The molecule has 0 aliphatic carbocycles. The molecule has 29 heavy (non-hydrogen) atoms. The summed E-state index contributed by atoms with van der Waals surface area (Å²) in [6.45, 7) is 0. The lowest BCUT2D eigenvalue weighted by atomic mass is 10.1. The Labute approximate surface area is 178 Å². The van der Waals surface area contributed by atoms with Gasteiger partial charge >= 0.3 is 6.18 Å². The molecule has 150 valence electrons. The fraction of sp³-hybridized carbons (Fsp3) is 0.105. The molecule has 0 spiro atoms. The van der Waals surface area contributed by atoms with Crippen LogP contribution in [0.4, 0.5) is 18.9 Å². The molecule has 4 nitrogen and oxygen atoms in total. The standard InChI is InChI=1S/C19H12ClF3N2O2S2/c1-25-17(27)15(29-18(25)28)8-10-2-4-11(5-3-10)16(26)24-14-9-12(19(21,22)23)6-7-13(14)20/h2-9H,1H3,(H,24,26). The Hall–Kier alpha value is -2.36. The number of hydrogen-bond donors (Lipinski definition) is 1. The summed E-state index contributed by atoms with van der Waals surface area (Å²) in [6.07, 6.45) is -2.90. The third kappa shape index (κ3) is 4.80. The highest BCUT2D eigenvalue weighted by Gasteiger charge is 2.31. The number of amides is 2. The van der Waals surface area contributed by atoms with Gasteiger partial charge in [0.15, 0.2) is 0 Å². The first kappa shape index (κ1) is 21.4. The summed E-state index contributed by atoms with van der Waals surface area (Å²) < 4.78 is 39.0. The molecule has 1 aliphatic rings. The summed E-state index contributed by atoms with van der Waals surface area (Å²) in [7, 11) is 1.59. The quantitative estimate of drug-likeness (QED) is 0.493. The molecule has 1 N–H and O–H groups in total. The van der Waals surface area contributed by atoms with Gasteiger partial charge in [-0.15, -0.1) is 0 Å². The van der Waals surface area contributed by atoms with E-state index >= 15 is 0 Å². The molecule has 1 aliphatic heterocycles. The second-order valence-corrected chi connectivity index (χ2v) is 8.09. The van der Waals surface area contributed by atoms with Gasteiger partial charge < -0.3 is 5.32 Å².